The molecule has 1 aromatic rings. The van der Waals surface area contributed by atoms with Crippen molar-refractivity contribution in [1.29, 1.82) is 0 Å². The molecule has 0 aromatic heterocycles. The lowest BCUT2D eigenvalue weighted by molar-refractivity contribution is -0.130. The number of carbonyl (C=O) groups excluding carboxylic acids is 1. The van der Waals surface area contributed by atoms with E-state index in [-0.39, 0.29) is 5.91 Å². The molecule has 0 bridgehead atoms. The Bertz CT molecular complexity index is 401. The molecule has 1 amide bonds. The van der Waals surface area contributed by atoms with Crippen LogP contribution in [0.5, 0.6) is 5.75 Å². The Balaban J connectivity index is 1.52. The predicted octanol–water partition coefficient (Wildman–Crippen LogP) is 2.45. The lowest BCUT2D eigenvalue weighted by Gasteiger charge is -2.20. The summed E-state index contributed by atoms with van der Waals surface area (Å²) < 4.78 is 5.61. The first-order chi connectivity index (χ1) is 10.4. The summed E-state index contributed by atoms with van der Waals surface area (Å²) in [7, 11) is 0. The highest BCUT2D eigenvalue weighted by molar-refractivity contribution is 5.78. The minimum Gasteiger partial charge on any atom is -0.494 e. The van der Waals surface area contributed by atoms with Crippen LogP contribution in [0.25, 0.3) is 0 Å². The molecule has 0 spiro atoms. The third-order valence-electron chi connectivity index (χ3n) is 3.74. The zero-order valence-electron chi connectivity index (χ0n) is 12.7. The fraction of sp³-hybridized carbons (Fsp3) is 0.588. The summed E-state index contributed by atoms with van der Waals surface area (Å²) in [5, 5.41) is 3.22. The second-order valence-corrected chi connectivity index (χ2v) is 5.49. The van der Waals surface area contributed by atoms with Crippen molar-refractivity contribution in [2.75, 3.05) is 32.8 Å². The fourth-order valence-corrected chi connectivity index (χ4v) is 2.53. The van der Waals surface area contributed by atoms with Crippen molar-refractivity contribution < 1.29 is 9.53 Å². The van der Waals surface area contributed by atoms with Crippen LogP contribution >= 0.6 is 0 Å². The van der Waals surface area contributed by atoms with E-state index < -0.39 is 0 Å². The summed E-state index contributed by atoms with van der Waals surface area (Å²) in [4.78, 5) is 14.0. The zero-order chi connectivity index (χ0) is 14.8. The van der Waals surface area contributed by atoms with Crippen LogP contribution in [0.3, 0.4) is 0 Å². The lowest BCUT2D eigenvalue weighted by atomic mass is 10.2. The van der Waals surface area contributed by atoms with E-state index in [1.165, 1.54) is 12.8 Å². The second kappa shape index (κ2) is 9.40. The molecule has 1 N–H and O–H groups in total. The summed E-state index contributed by atoms with van der Waals surface area (Å²) in [6, 6.07) is 9.82. The summed E-state index contributed by atoms with van der Waals surface area (Å²) in [5.41, 5.74) is 0. The Morgan fingerprint density at radius 1 is 1.10 bits per heavy atom. The van der Waals surface area contributed by atoms with Gasteiger partial charge in [0.25, 0.3) is 0 Å². The molecule has 1 fully saturated rings. The molecular weight excluding hydrogens is 264 g/mol. The third kappa shape index (κ3) is 6.17. The highest BCUT2D eigenvalue weighted by Gasteiger charge is 2.14. The summed E-state index contributed by atoms with van der Waals surface area (Å²) in [6.07, 6.45) is 5.72. The minimum absolute atomic E-state index is 0.237. The van der Waals surface area contributed by atoms with Crippen molar-refractivity contribution in [2.45, 2.75) is 32.1 Å². The van der Waals surface area contributed by atoms with Gasteiger partial charge in [-0.1, -0.05) is 31.0 Å². The Morgan fingerprint density at radius 3 is 2.52 bits per heavy atom. The maximum absolute atomic E-state index is 12.0. The number of carbonyl (C=O) groups is 1. The molecule has 1 aliphatic rings. The topological polar surface area (TPSA) is 41.6 Å². The highest BCUT2D eigenvalue weighted by atomic mass is 16.5. The number of benzene rings is 1. The van der Waals surface area contributed by atoms with Crippen molar-refractivity contribution in [3.63, 3.8) is 0 Å². The van der Waals surface area contributed by atoms with E-state index in [4.69, 9.17) is 4.74 Å². The van der Waals surface area contributed by atoms with Gasteiger partial charge in [0.15, 0.2) is 0 Å². The van der Waals surface area contributed by atoms with Crippen molar-refractivity contribution in [3.8, 4) is 5.75 Å². The number of hydrogen-bond donors (Lipinski definition) is 1. The van der Waals surface area contributed by atoms with Crippen LogP contribution in [0.1, 0.15) is 32.1 Å². The molecular formula is C17H26N2O2. The van der Waals surface area contributed by atoms with Gasteiger partial charge >= 0.3 is 0 Å². The van der Waals surface area contributed by atoms with Crippen LogP contribution < -0.4 is 10.1 Å². The van der Waals surface area contributed by atoms with Crippen LogP contribution in [0.4, 0.5) is 0 Å². The van der Waals surface area contributed by atoms with E-state index in [1.807, 2.05) is 35.2 Å². The maximum atomic E-state index is 12.0. The van der Waals surface area contributed by atoms with Crippen molar-refractivity contribution in [1.82, 2.24) is 10.2 Å². The second-order valence-electron chi connectivity index (χ2n) is 5.49. The average molecular weight is 290 g/mol. The van der Waals surface area contributed by atoms with Crippen molar-refractivity contribution >= 4 is 5.91 Å². The summed E-state index contributed by atoms with van der Waals surface area (Å²) >= 11 is 0. The van der Waals surface area contributed by atoms with Gasteiger partial charge in [0, 0.05) is 13.1 Å². The first kappa shape index (κ1) is 15.8. The van der Waals surface area contributed by atoms with Gasteiger partial charge in [0.2, 0.25) is 5.91 Å². The largest absolute Gasteiger partial charge is 0.494 e. The quantitative estimate of drug-likeness (QED) is 0.784. The van der Waals surface area contributed by atoms with Gasteiger partial charge in [-0.3, -0.25) is 4.79 Å². The van der Waals surface area contributed by atoms with E-state index >= 15 is 0 Å². The normalized spacial score (nSPS) is 15.5. The number of amides is 1. The number of rotatable bonds is 7. The van der Waals surface area contributed by atoms with Gasteiger partial charge < -0.3 is 15.0 Å². The van der Waals surface area contributed by atoms with E-state index in [9.17, 15) is 4.79 Å². The predicted molar refractivity (Wildman–Crippen MR) is 84.5 cm³/mol. The Morgan fingerprint density at radius 2 is 1.81 bits per heavy atom. The van der Waals surface area contributed by atoms with Crippen molar-refractivity contribution in [2.24, 2.45) is 0 Å². The first-order valence-electron chi connectivity index (χ1n) is 8.02. The van der Waals surface area contributed by atoms with Crippen LogP contribution in [0.15, 0.2) is 30.3 Å². The molecule has 2 rings (SSSR count). The molecule has 21 heavy (non-hydrogen) atoms. The average Bonchev–Trinajstić information content (AvgIpc) is 2.81. The molecule has 0 saturated carbocycles. The van der Waals surface area contributed by atoms with Gasteiger partial charge in [-0.2, -0.15) is 0 Å². The van der Waals surface area contributed by atoms with Gasteiger partial charge in [-0.15, -0.1) is 0 Å². The standard InChI is InChI=1S/C17H26N2O2/c20-17(19-12-6-1-2-7-13-19)15-18-11-8-14-21-16-9-4-3-5-10-16/h3-5,9-10,18H,1-2,6-8,11-15H2. The van der Waals surface area contributed by atoms with E-state index in [0.717, 1.165) is 44.6 Å². The molecule has 1 heterocycles. The van der Waals surface area contributed by atoms with Gasteiger partial charge in [0.1, 0.15) is 5.75 Å². The van der Waals surface area contributed by atoms with Crippen LogP contribution in [-0.2, 0) is 4.79 Å². The Kier molecular flexibility index (Phi) is 7.08. The highest BCUT2D eigenvalue weighted by Crippen LogP contribution is 2.09. The van der Waals surface area contributed by atoms with E-state index in [1.54, 1.807) is 0 Å². The minimum atomic E-state index is 0.237. The zero-order valence-corrected chi connectivity index (χ0v) is 12.7. The molecule has 0 unspecified atom stereocenters. The molecule has 1 aromatic carbocycles. The van der Waals surface area contributed by atoms with Crippen molar-refractivity contribution in [3.05, 3.63) is 30.3 Å². The molecule has 4 nitrogen and oxygen atoms in total. The van der Waals surface area contributed by atoms with Crippen LogP contribution in [0.2, 0.25) is 0 Å². The molecule has 0 atom stereocenters. The monoisotopic (exact) mass is 290 g/mol. The van der Waals surface area contributed by atoms with Crippen LogP contribution in [0, 0.1) is 0 Å². The molecule has 116 valence electrons. The SMILES string of the molecule is O=C(CNCCCOc1ccccc1)N1CCCCCC1. The molecule has 0 aliphatic carbocycles. The summed E-state index contributed by atoms with van der Waals surface area (Å²) in [5.74, 6) is 1.14. The smallest absolute Gasteiger partial charge is 0.236 e. The Labute approximate surface area is 127 Å². The fourth-order valence-electron chi connectivity index (χ4n) is 2.53. The van der Waals surface area contributed by atoms with E-state index in [2.05, 4.69) is 5.32 Å². The number of likely N-dealkylation sites (tertiary alicyclic amines) is 1. The molecule has 0 radical (unpaired) electrons. The number of hydrogen-bond acceptors (Lipinski definition) is 3. The molecule has 1 aliphatic heterocycles. The lowest BCUT2D eigenvalue weighted by Crippen LogP contribution is -2.39. The van der Waals surface area contributed by atoms with Crippen LogP contribution in [-0.4, -0.2) is 43.6 Å². The summed E-state index contributed by atoms with van der Waals surface area (Å²) in [6.45, 7) is 3.79. The number of ether oxygens (including phenoxy) is 1. The number of para-hydroxylation sites is 1. The maximum Gasteiger partial charge on any atom is 0.236 e. The van der Waals surface area contributed by atoms with E-state index in [0.29, 0.717) is 13.2 Å². The first-order valence-corrected chi connectivity index (χ1v) is 8.02. The third-order valence-corrected chi connectivity index (χ3v) is 3.74. The number of nitrogens with one attached hydrogen (secondary N) is 1. The Hall–Kier alpha value is -1.55. The van der Waals surface area contributed by atoms with Gasteiger partial charge in [-0.25, -0.2) is 0 Å². The number of nitrogens with zero attached hydrogens (tertiary/aromatic N) is 1. The van der Waals surface area contributed by atoms with Gasteiger partial charge in [0.05, 0.1) is 13.2 Å². The molecule has 4 heteroatoms. The molecule has 1 saturated heterocycles. The van der Waals surface area contributed by atoms with Gasteiger partial charge in [-0.05, 0) is 37.9 Å².